The van der Waals surface area contributed by atoms with Crippen LogP contribution < -0.4 is 0 Å². The van der Waals surface area contributed by atoms with Crippen LogP contribution in [-0.2, 0) is 4.79 Å². The average molecular weight is 241 g/mol. The topological polar surface area (TPSA) is 37.3 Å². The lowest BCUT2D eigenvalue weighted by Gasteiger charge is -1.98. The summed E-state index contributed by atoms with van der Waals surface area (Å²) in [6.07, 6.45) is 2.69. The van der Waals surface area contributed by atoms with Gasteiger partial charge in [0, 0.05) is 10.5 Å². The molecule has 0 aromatic heterocycles. The first-order valence-corrected chi connectivity index (χ1v) is 4.56. The van der Waals surface area contributed by atoms with Crippen LogP contribution in [-0.4, -0.2) is 11.1 Å². The van der Waals surface area contributed by atoms with Gasteiger partial charge in [0.25, 0.3) is 0 Å². The van der Waals surface area contributed by atoms with Crippen LogP contribution in [0.5, 0.6) is 0 Å². The SMILES string of the molecule is Cc1ccc(Br)c(C=CC(=O)O)c1. The van der Waals surface area contributed by atoms with Gasteiger partial charge in [-0.15, -0.1) is 0 Å². The molecule has 0 amide bonds. The number of aliphatic carboxylic acids is 1. The molecule has 1 N–H and O–H groups in total. The number of aryl methyl sites for hydroxylation is 1. The summed E-state index contributed by atoms with van der Waals surface area (Å²) in [5.74, 6) is -0.937. The van der Waals surface area contributed by atoms with Gasteiger partial charge in [0.05, 0.1) is 0 Å². The van der Waals surface area contributed by atoms with E-state index in [4.69, 9.17) is 5.11 Å². The Morgan fingerprint density at radius 3 is 2.85 bits per heavy atom. The molecule has 1 aromatic rings. The van der Waals surface area contributed by atoms with Crippen molar-refractivity contribution in [1.29, 1.82) is 0 Å². The van der Waals surface area contributed by atoms with Gasteiger partial charge < -0.3 is 5.11 Å². The van der Waals surface area contributed by atoms with Crippen LogP contribution in [0.3, 0.4) is 0 Å². The molecule has 0 saturated carbocycles. The lowest BCUT2D eigenvalue weighted by atomic mass is 10.1. The minimum Gasteiger partial charge on any atom is -0.478 e. The summed E-state index contributed by atoms with van der Waals surface area (Å²) >= 11 is 3.34. The fourth-order valence-corrected chi connectivity index (χ4v) is 1.33. The highest BCUT2D eigenvalue weighted by Crippen LogP contribution is 2.19. The van der Waals surface area contributed by atoms with Gasteiger partial charge in [0.1, 0.15) is 0 Å². The number of carboxylic acid groups (broad SMARTS) is 1. The quantitative estimate of drug-likeness (QED) is 0.808. The Balaban J connectivity index is 3.00. The van der Waals surface area contributed by atoms with Gasteiger partial charge in [-0.3, -0.25) is 0 Å². The molecule has 0 radical (unpaired) electrons. The Hall–Kier alpha value is -1.09. The minimum atomic E-state index is -0.937. The van der Waals surface area contributed by atoms with Crippen LogP contribution in [0, 0.1) is 6.92 Å². The van der Waals surface area contributed by atoms with Crippen molar-refractivity contribution in [3.8, 4) is 0 Å². The lowest BCUT2D eigenvalue weighted by molar-refractivity contribution is -0.131. The van der Waals surface area contributed by atoms with Crippen molar-refractivity contribution in [2.45, 2.75) is 6.92 Å². The first-order valence-electron chi connectivity index (χ1n) is 3.77. The predicted molar refractivity (Wildman–Crippen MR) is 55.5 cm³/mol. The molecular weight excluding hydrogens is 232 g/mol. The van der Waals surface area contributed by atoms with E-state index in [9.17, 15) is 4.79 Å². The number of hydrogen-bond donors (Lipinski definition) is 1. The van der Waals surface area contributed by atoms with Crippen molar-refractivity contribution in [1.82, 2.24) is 0 Å². The normalized spacial score (nSPS) is 10.6. The Kier molecular flexibility index (Phi) is 3.25. The van der Waals surface area contributed by atoms with Gasteiger partial charge in [-0.25, -0.2) is 4.79 Å². The Morgan fingerprint density at radius 1 is 1.54 bits per heavy atom. The summed E-state index contributed by atoms with van der Waals surface area (Å²) in [6, 6.07) is 5.78. The zero-order valence-corrected chi connectivity index (χ0v) is 8.71. The molecule has 0 fully saturated rings. The molecule has 0 atom stereocenters. The standard InChI is InChI=1S/C10H9BrO2/c1-7-2-4-9(11)8(6-7)3-5-10(12)13/h2-6H,1H3,(H,12,13). The molecule has 0 bridgehead atoms. The van der Waals surface area contributed by atoms with Crippen LogP contribution >= 0.6 is 15.9 Å². The molecule has 0 aliphatic carbocycles. The van der Waals surface area contributed by atoms with E-state index >= 15 is 0 Å². The monoisotopic (exact) mass is 240 g/mol. The molecule has 0 spiro atoms. The second-order valence-electron chi connectivity index (χ2n) is 2.70. The average Bonchev–Trinajstić information content (AvgIpc) is 2.06. The molecule has 0 saturated heterocycles. The molecule has 1 rings (SSSR count). The summed E-state index contributed by atoms with van der Waals surface area (Å²) in [5, 5.41) is 8.43. The molecule has 0 unspecified atom stereocenters. The molecule has 0 aliphatic heterocycles. The lowest BCUT2D eigenvalue weighted by Crippen LogP contribution is -1.86. The zero-order valence-electron chi connectivity index (χ0n) is 7.12. The third kappa shape index (κ3) is 3.03. The second-order valence-corrected chi connectivity index (χ2v) is 3.55. The summed E-state index contributed by atoms with van der Waals surface area (Å²) in [5.41, 5.74) is 1.98. The van der Waals surface area contributed by atoms with Crippen molar-refractivity contribution in [2.75, 3.05) is 0 Å². The minimum absolute atomic E-state index is 0.877. The van der Waals surface area contributed by atoms with Gasteiger partial charge in [0.15, 0.2) is 0 Å². The van der Waals surface area contributed by atoms with E-state index in [0.717, 1.165) is 21.7 Å². The van der Waals surface area contributed by atoms with E-state index in [1.165, 1.54) is 0 Å². The number of carbonyl (C=O) groups is 1. The van der Waals surface area contributed by atoms with Crippen LogP contribution in [0.15, 0.2) is 28.7 Å². The van der Waals surface area contributed by atoms with Gasteiger partial charge >= 0.3 is 5.97 Å². The Labute approximate surface area is 85.0 Å². The number of hydrogen-bond acceptors (Lipinski definition) is 1. The van der Waals surface area contributed by atoms with E-state index in [2.05, 4.69) is 15.9 Å². The molecule has 0 aliphatic rings. The first-order chi connectivity index (χ1) is 6.09. The molecule has 68 valence electrons. The highest BCUT2D eigenvalue weighted by Gasteiger charge is 1.96. The molecular formula is C10H9BrO2. The number of halogens is 1. The summed E-state index contributed by atoms with van der Waals surface area (Å²) in [6.45, 7) is 1.96. The van der Waals surface area contributed by atoms with Crippen molar-refractivity contribution >= 4 is 28.0 Å². The fraction of sp³-hybridized carbons (Fsp3) is 0.100. The van der Waals surface area contributed by atoms with Crippen LogP contribution in [0.25, 0.3) is 6.08 Å². The second kappa shape index (κ2) is 4.23. The molecule has 3 heteroatoms. The van der Waals surface area contributed by atoms with Gasteiger partial charge in [0.2, 0.25) is 0 Å². The van der Waals surface area contributed by atoms with E-state index < -0.39 is 5.97 Å². The largest absolute Gasteiger partial charge is 0.478 e. The van der Waals surface area contributed by atoms with E-state index in [0.29, 0.717) is 0 Å². The third-order valence-electron chi connectivity index (χ3n) is 1.56. The van der Waals surface area contributed by atoms with Gasteiger partial charge in [-0.05, 0) is 24.6 Å². The van der Waals surface area contributed by atoms with E-state index in [1.54, 1.807) is 6.08 Å². The Bertz CT molecular complexity index is 356. The van der Waals surface area contributed by atoms with Crippen molar-refractivity contribution in [3.63, 3.8) is 0 Å². The van der Waals surface area contributed by atoms with E-state index in [-0.39, 0.29) is 0 Å². The number of benzene rings is 1. The van der Waals surface area contributed by atoms with Crippen molar-refractivity contribution in [2.24, 2.45) is 0 Å². The third-order valence-corrected chi connectivity index (χ3v) is 2.28. The number of carboxylic acids is 1. The smallest absolute Gasteiger partial charge is 0.328 e. The van der Waals surface area contributed by atoms with Crippen LogP contribution in [0.4, 0.5) is 0 Å². The maximum absolute atomic E-state index is 10.3. The first kappa shape index (κ1) is 9.99. The van der Waals surface area contributed by atoms with Gasteiger partial charge in [-0.2, -0.15) is 0 Å². The number of rotatable bonds is 2. The van der Waals surface area contributed by atoms with Gasteiger partial charge in [-0.1, -0.05) is 33.6 Å². The maximum atomic E-state index is 10.3. The fourth-order valence-electron chi connectivity index (χ4n) is 0.952. The molecule has 13 heavy (non-hydrogen) atoms. The maximum Gasteiger partial charge on any atom is 0.328 e. The Morgan fingerprint density at radius 2 is 2.23 bits per heavy atom. The summed E-state index contributed by atoms with van der Waals surface area (Å²) in [4.78, 5) is 10.3. The molecule has 2 nitrogen and oxygen atoms in total. The summed E-state index contributed by atoms with van der Waals surface area (Å²) < 4.78 is 0.899. The zero-order chi connectivity index (χ0) is 9.84. The van der Waals surface area contributed by atoms with Crippen LogP contribution in [0.1, 0.15) is 11.1 Å². The van der Waals surface area contributed by atoms with E-state index in [1.807, 2.05) is 25.1 Å². The predicted octanol–water partition coefficient (Wildman–Crippen LogP) is 2.86. The van der Waals surface area contributed by atoms with Crippen molar-refractivity contribution in [3.05, 3.63) is 39.9 Å². The van der Waals surface area contributed by atoms with Crippen LogP contribution in [0.2, 0.25) is 0 Å². The molecule has 0 heterocycles. The highest BCUT2D eigenvalue weighted by atomic mass is 79.9. The van der Waals surface area contributed by atoms with Crippen molar-refractivity contribution < 1.29 is 9.90 Å². The highest BCUT2D eigenvalue weighted by molar-refractivity contribution is 9.10. The molecule has 1 aromatic carbocycles. The summed E-state index contributed by atoms with van der Waals surface area (Å²) in [7, 11) is 0.